The minimum atomic E-state index is -0.560. The number of primary amides is 1. The molecule has 1 amide bonds. The van der Waals surface area contributed by atoms with Crippen molar-refractivity contribution in [3.8, 4) is 6.07 Å². The maximum atomic E-state index is 12.5. The summed E-state index contributed by atoms with van der Waals surface area (Å²) >= 11 is 0. The molecule has 1 aliphatic carbocycles. The lowest BCUT2D eigenvalue weighted by molar-refractivity contribution is -0.116. The van der Waals surface area contributed by atoms with Gasteiger partial charge >= 0.3 is 0 Å². The van der Waals surface area contributed by atoms with Gasteiger partial charge in [0.2, 0.25) is 5.91 Å². The normalized spacial score (nSPS) is 15.7. The molecule has 2 heterocycles. The Morgan fingerprint density at radius 2 is 2.19 bits per heavy atom. The van der Waals surface area contributed by atoms with Crippen LogP contribution in [0.1, 0.15) is 42.9 Å². The third kappa shape index (κ3) is 3.11. The van der Waals surface area contributed by atoms with Crippen LogP contribution in [-0.4, -0.2) is 28.2 Å². The predicted octanol–water partition coefficient (Wildman–Crippen LogP) is 1.17. The molecule has 0 atom stereocenters. The highest BCUT2D eigenvalue weighted by Gasteiger charge is 2.24. The van der Waals surface area contributed by atoms with Crippen molar-refractivity contribution in [3.05, 3.63) is 40.1 Å². The Bertz CT molecular complexity index is 999. The Hall–Kier alpha value is -3.34. The van der Waals surface area contributed by atoms with E-state index in [1.165, 1.54) is 18.6 Å². The Labute approximate surface area is 149 Å². The summed E-state index contributed by atoms with van der Waals surface area (Å²) in [6, 6.07) is 2.39. The second-order valence-corrected chi connectivity index (χ2v) is 6.31. The van der Waals surface area contributed by atoms with Gasteiger partial charge in [0.15, 0.2) is 0 Å². The van der Waals surface area contributed by atoms with Gasteiger partial charge in [-0.15, -0.1) is 0 Å². The number of hydrogen-bond acceptors (Lipinski definition) is 5. The molecule has 1 fully saturated rings. The monoisotopic (exact) mass is 352 g/mol. The van der Waals surface area contributed by atoms with Crippen molar-refractivity contribution in [2.45, 2.75) is 31.7 Å². The van der Waals surface area contributed by atoms with Gasteiger partial charge in [-0.3, -0.25) is 14.6 Å². The number of aliphatic imine (C=N–C) groups is 1. The highest BCUT2D eigenvalue weighted by atomic mass is 16.1. The summed E-state index contributed by atoms with van der Waals surface area (Å²) in [5, 5.41) is 9.90. The molecule has 8 heteroatoms. The van der Waals surface area contributed by atoms with Crippen LogP contribution >= 0.6 is 0 Å². The van der Waals surface area contributed by atoms with E-state index in [1.54, 1.807) is 0 Å². The van der Waals surface area contributed by atoms with Gasteiger partial charge in [0.25, 0.3) is 5.56 Å². The number of aromatic nitrogens is 2. The molecule has 1 aliphatic rings. The van der Waals surface area contributed by atoms with E-state index in [4.69, 9.17) is 11.5 Å². The van der Waals surface area contributed by atoms with E-state index in [1.807, 2.05) is 10.8 Å². The van der Waals surface area contributed by atoms with Crippen LogP contribution in [0, 0.1) is 11.3 Å². The summed E-state index contributed by atoms with van der Waals surface area (Å²) in [5.74, 6) is -0.560. The summed E-state index contributed by atoms with van der Waals surface area (Å²) < 4.78 is 2.01. The van der Waals surface area contributed by atoms with Crippen LogP contribution in [0.4, 0.5) is 0 Å². The summed E-state index contributed by atoms with van der Waals surface area (Å²) in [5.41, 5.74) is 12.6. The zero-order valence-electron chi connectivity index (χ0n) is 14.2. The van der Waals surface area contributed by atoms with Crippen molar-refractivity contribution in [1.82, 2.24) is 9.55 Å². The number of amides is 1. The molecular weight excluding hydrogens is 332 g/mol. The summed E-state index contributed by atoms with van der Waals surface area (Å²) in [7, 11) is 0. The third-order valence-electron chi connectivity index (χ3n) is 4.67. The van der Waals surface area contributed by atoms with Crippen LogP contribution in [0.25, 0.3) is 16.5 Å². The fourth-order valence-electron chi connectivity index (χ4n) is 3.52. The number of carbonyl (C=O) groups excluding carboxylic acids is 1. The predicted molar refractivity (Wildman–Crippen MR) is 99.5 cm³/mol. The lowest BCUT2D eigenvalue weighted by Gasteiger charge is -2.13. The molecule has 8 nitrogen and oxygen atoms in total. The smallest absolute Gasteiger partial charge is 0.258 e. The second-order valence-electron chi connectivity index (χ2n) is 6.31. The van der Waals surface area contributed by atoms with Crippen molar-refractivity contribution in [1.29, 1.82) is 5.26 Å². The quantitative estimate of drug-likeness (QED) is 0.694. The number of nitrogens with two attached hydrogens (primary N) is 2. The van der Waals surface area contributed by atoms with Crippen LogP contribution < -0.4 is 17.0 Å². The van der Waals surface area contributed by atoms with Crippen LogP contribution in [-0.2, 0) is 4.79 Å². The summed E-state index contributed by atoms with van der Waals surface area (Å²) in [6.45, 7) is -0.168. The SMILES string of the molecule is N#Cc1c[nH]c(=O)c2c(C(C=NCC(N)=O)=CN)cn(C3CCCC3)c12. The number of fused-ring (bicyclic) bond motifs is 1. The Morgan fingerprint density at radius 3 is 2.81 bits per heavy atom. The number of rotatable bonds is 5. The molecular formula is C18H20N6O2. The van der Waals surface area contributed by atoms with Gasteiger partial charge in [0, 0.05) is 42.0 Å². The number of pyridine rings is 1. The third-order valence-corrected chi connectivity index (χ3v) is 4.67. The van der Waals surface area contributed by atoms with Crippen molar-refractivity contribution >= 4 is 28.6 Å². The van der Waals surface area contributed by atoms with Crippen molar-refractivity contribution < 1.29 is 4.79 Å². The zero-order valence-corrected chi connectivity index (χ0v) is 14.2. The number of aromatic amines is 1. The Balaban J connectivity index is 2.22. The largest absolute Gasteiger partial charge is 0.404 e. The van der Waals surface area contributed by atoms with E-state index < -0.39 is 5.91 Å². The molecule has 2 aromatic heterocycles. The van der Waals surface area contributed by atoms with E-state index >= 15 is 0 Å². The highest BCUT2D eigenvalue weighted by molar-refractivity contribution is 6.15. The van der Waals surface area contributed by atoms with Gasteiger partial charge in [-0.05, 0) is 12.8 Å². The standard InChI is InChI=1S/C18H20N6O2/c19-5-11(7-22-9-15(21)25)14-10-24(13-3-1-2-4-13)17-12(6-20)8-23-18(26)16(14)17/h5,7-8,10,13H,1-4,9,19H2,(H2,21,25)(H,23,26). The number of H-pyrrole nitrogens is 1. The topological polar surface area (TPSA) is 143 Å². The molecule has 134 valence electrons. The molecule has 0 aliphatic heterocycles. The molecule has 2 aromatic rings. The molecule has 0 spiro atoms. The lowest BCUT2D eigenvalue weighted by atomic mass is 10.1. The van der Waals surface area contributed by atoms with E-state index in [2.05, 4.69) is 16.0 Å². The van der Waals surface area contributed by atoms with Gasteiger partial charge in [0.05, 0.1) is 16.5 Å². The average Bonchev–Trinajstić information content (AvgIpc) is 3.27. The molecule has 0 bridgehead atoms. The molecule has 0 unspecified atom stereocenters. The van der Waals surface area contributed by atoms with E-state index in [0.29, 0.717) is 27.6 Å². The average molecular weight is 352 g/mol. The second kappa shape index (κ2) is 7.27. The fraction of sp³-hybridized carbons (Fsp3) is 0.333. The van der Waals surface area contributed by atoms with Crippen molar-refractivity contribution in [3.63, 3.8) is 0 Å². The lowest BCUT2D eigenvalue weighted by Crippen LogP contribution is -2.14. The molecule has 1 saturated carbocycles. The van der Waals surface area contributed by atoms with Crippen LogP contribution in [0.2, 0.25) is 0 Å². The van der Waals surface area contributed by atoms with Crippen LogP contribution in [0.3, 0.4) is 0 Å². The summed E-state index contributed by atoms with van der Waals surface area (Å²) in [4.78, 5) is 30.0. The Kier molecular flexibility index (Phi) is 4.89. The van der Waals surface area contributed by atoms with Gasteiger partial charge in [0.1, 0.15) is 12.6 Å². The molecule has 5 N–H and O–H groups in total. The number of allylic oxidation sites excluding steroid dienone is 1. The van der Waals surface area contributed by atoms with Gasteiger partial charge < -0.3 is 21.0 Å². The van der Waals surface area contributed by atoms with Gasteiger partial charge in [-0.1, -0.05) is 12.8 Å². The van der Waals surface area contributed by atoms with Crippen molar-refractivity contribution in [2.75, 3.05) is 6.54 Å². The fourth-order valence-corrected chi connectivity index (χ4v) is 3.52. The first-order chi connectivity index (χ1) is 12.6. The van der Waals surface area contributed by atoms with Gasteiger partial charge in [-0.25, -0.2) is 0 Å². The first-order valence-electron chi connectivity index (χ1n) is 8.43. The number of nitrogens with zero attached hydrogens (tertiary/aromatic N) is 3. The number of nitriles is 1. The number of hydrogen-bond donors (Lipinski definition) is 3. The maximum absolute atomic E-state index is 12.5. The minimum absolute atomic E-state index is 0.168. The van der Waals surface area contributed by atoms with Gasteiger partial charge in [-0.2, -0.15) is 5.26 Å². The molecule has 0 aromatic carbocycles. The molecule has 0 saturated heterocycles. The van der Waals surface area contributed by atoms with E-state index in [9.17, 15) is 14.9 Å². The number of nitrogens with one attached hydrogen (secondary N) is 1. The minimum Gasteiger partial charge on any atom is -0.404 e. The number of carbonyl (C=O) groups is 1. The maximum Gasteiger partial charge on any atom is 0.258 e. The van der Waals surface area contributed by atoms with E-state index in [-0.39, 0.29) is 18.1 Å². The van der Waals surface area contributed by atoms with E-state index in [0.717, 1.165) is 25.7 Å². The Morgan fingerprint density at radius 1 is 1.46 bits per heavy atom. The zero-order chi connectivity index (χ0) is 18.7. The summed E-state index contributed by atoms with van der Waals surface area (Å²) in [6.07, 6.45) is 10.3. The highest BCUT2D eigenvalue weighted by Crippen LogP contribution is 2.35. The molecule has 3 rings (SSSR count). The van der Waals surface area contributed by atoms with Crippen LogP contribution in [0.15, 0.2) is 28.4 Å². The molecule has 26 heavy (non-hydrogen) atoms. The first kappa shape index (κ1) is 17.5. The molecule has 0 radical (unpaired) electrons. The van der Waals surface area contributed by atoms with Crippen molar-refractivity contribution in [2.24, 2.45) is 16.5 Å². The van der Waals surface area contributed by atoms with Crippen LogP contribution in [0.5, 0.6) is 0 Å². The first-order valence-corrected chi connectivity index (χ1v) is 8.43.